The Morgan fingerprint density at radius 2 is 2.06 bits per heavy atom. The fraction of sp³-hybridized carbons (Fsp3) is 1.00. The van der Waals surface area contributed by atoms with Gasteiger partial charge < -0.3 is 9.64 Å². The maximum absolute atomic E-state index is 5.68. The largest absolute Gasteiger partial charge is 0.377 e. The number of ether oxygens (including phenoxy) is 1. The summed E-state index contributed by atoms with van der Waals surface area (Å²) < 4.78 is 5.68. The van der Waals surface area contributed by atoms with Gasteiger partial charge in [0, 0.05) is 19.7 Å². The summed E-state index contributed by atoms with van der Waals surface area (Å²) in [6.45, 7) is 7.73. The van der Waals surface area contributed by atoms with Crippen molar-refractivity contribution < 1.29 is 4.74 Å². The fourth-order valence-electron chi connectivity index (χ4n) is 2.52. The van der Waals surface area contributed by atoms with Gasteiger partial charge in [0.2, 0.25) is 0 Å². The van der Waals surface area contributed by atoms with E-state index in [1.165, 1.54) is 25.7 Å². The molecule has 0 aromatic heterocycles. The average molecular weight is 245 g/mol. The lowest BCUT2D eigenvalue weighted by Crippen LogP contribution is -2.39. The van der Waals surface area contributed by atoms with Crippen molar-refractivity contribution in [1.82, 2.24) is 4.90 Å². The Kier molecular flexibility index (Phi) is 6.16. The number of likely N-dealkylation sites (N-methyl/N-ethyl adjacent to an activating group) is 1. The summed E-state index contributed by atoms with van der Waals surface area (Å²) in [5, 5.41) is 0. The molecule has 1 aliphatic rings. The van der Waals surface area contributed by atoms with E-state index in [1.807, 2.05) is 0 Å². The molecule has 0 aromatic carbocycles. The highest BCUT2D eigenvalue weighted by atomic mass is 32.1. The SMILES string of the molecule is CCC(CC)(CS)CN(C)CC1CCCO1. The minimum absolute atomic E-state index is 0.385. The van der Waals surface area contributed by atoms with Crippen LogP contribution in [0.3, 0.4) is 0 Å². The van der Waals surface area contributed by atoms with Gasteiger partial charge in [0.1, 0.15) is 0 Å². The zero-order valence-electron chi connectivity index (χ0n) is 11.0. The Hall–Kier alpha value is 0.270. The van der Waals surface area contributed by atoms with Gasteiger partial charge in [-0.05, 0) is 43.9 Å². The van der Waals surface area contributed by atoms with E-state index in [-0.39, 0.29) is 0 Å². The topological polar surface area (TPSA) is 12.5 Å². The standard InChI is InChI=1S/C13H27NOS/c1-4-13(5-2,11-16)10-14(3)9-12-7-6-8-15-12/h12,16H,4-11H2,1-3H3. The third kappa shape index (κ3) is 3.94. The van der Waals surface area contributed by atoms with Crippen LogP contribution in [0.4, 0.5) is 0 Å². The first-order valence-electron chi connectivity index (χ1n) is 6.57. The van der Waals surface area contributed by atoms with Gasteiger partial charge in [-0.2, -0.15) is 12.6 Å². The number of hydrogen-bond acceptors (Lipinski definition) is 3. The van der Waals surface area contributed by atoms with Gasteiger partial charge in [-0.3, -0.25) is 0 Å². The molecular formula is C13H27NOS. The first-order chi connectivity index (χ1) is 7.65. The lowest BCUT2D eigenvalue weighted by molar-refractivity contribution is 0.0665. The van der Waals surface area contributed by atoms with Crippen LogP contribution >= 0.6 is 12.6 Å². The molecule has 0 radical (unpaired) electrons. The number of thiol groups is 1. The number of hydrogen-bond donors (Lipinski definition) is 1. The second-order valence-electron chi connectivity index (χ2n) is 5.20. The molecule has 1 fully saturated rings. The van der Waals surface area contributed by atoms with Crippen LogP contribution in [0, 0.1) is 5.41 Å². The molecule has 1 atom stereocenters. The average Bonchev–Trinajstić information content (AvgIpc) is 2.79. The van der Waals surface area contributed by atoms with Crippen LogP contribution in [0.15, 0.2) is 0 Å². The molecule has 0 saturated carbocycles. The van der Waals surface area contributed by atoms with Gasteiger partial charge in [-0.1, -0.05) is 13.8 Å². The van der Waals surface area contributed by atoms with Crippen LogP contribution in [0.25, 0.3) is 0 Å². The van der Waals surface area contributed by atoms with Crippen LogP contribution in [0.5, 0.6) is 0 Å². The number of nitrogens with zero attached hydrogens (tertiary/aromatic N) is 1. The van der Waals surface area contributed by atoms with E-state index in [4.69, 9.17) is 4.74 Å². The summed E-state index contributed by atoms with van der Waals surface area (Å²) in [6, 6.07) is 0. The highest BCUT2D eigenvalue weighted by molar-refractivity contribution is 7.80. The van der Waals surface area contributed by atoms with Crippen LogP contribution < -0.4 is 0 Å². The minimum Gasteiger partial charge on any atom is -0.377 e. The molecule has 0 amide bonds. The Labute approximate surface area is 106 Å². The second kappa shape index (κ2) is 6.87. The molecule has 1 heterocycles. The first-order valence-corrected chi connectivity index (χ1v) is 7.20. The zero-order valence-corrected chi connectivity index (χ0v) is 11.9. The Morgan fingerprint density at radius 3 is 2.50 bits per heavy atom. The van der Waals surface area contributed by atoms with Crippen LogP contribution in [0.1, 0.15) is 39.5 Å². The monoisotopic (exact) mass is 245 g/mol. The maximum Gasteiger partial charge on any atom is 0.0702 e. The van der Waals surface area contributed by atoms with E-state index in [2.05, 4.69) is 38.4 Å². The molecule has 16 heavy (non-hydrogen) atoms. The second-order valence-corrected chi connectivity index (χ2v) is 5.51. The van der Waals surface area contributed by atoms with Gasteiger partial charge >= 0.3 is 0 Å². The lowest BCUT2D eigenvalue weighted by Gasteiger charge is -2.35. The summed E-state index contributed by atoms with van der Waals surface area (Å²) in [5.41, 5.74) is 0.385. The van der Waals surface area contributed by atoms with Crippen LogP contribution in [-0.4, -0.2) is 43.5 Å². The van der Waals surface area contributed by atoms with Crippen molar-refractivity contribution >= 4 is 12.6 Å². The molecule has 0 aromatic rings. The minimum atomic E-state index is 0.385. The molecule has 1 unspecified atom stereocenters. The molecule has 3 heteroatoms. The highest BCUT2D eigenvalue weighted by Crippen LogP contribution is 2.29. The molecule has 0 aliphatic carbocycles. The molecule has 0 bridgehead atoms. The van der Waals surface area contributed by atoms with Gasteiger partial charge in [0.15, 0.2) is 0 Å². The van der Waals surface area contributed by atoms with Gasteiger partial charge in [0.05, 0.1) is 6.10 Å². The van der Waals surface area contributed by atoms with Gasteiger partial charge in [-0.15, -0.1) is 0 Å². The molecular weight excluding hydrogens is 218 g/mol. The van der Waals surface area contributed by atoms with E-state index in [1.54, 1.807) is 0 Å². The quantitative estimate of drug-likeness (QED) is 0.693. The lowest BCUT2D eigenvalue weighted by atomic mass is 9.84. The van der Waals surface area contributed by atoms with Crippen molar-refractivity contribution in [3.05, 3.63) is 0 Å². The zero-order chi connectivity index (χ0) is 12.0. The summed E-state index contributed by atoms with van der Waals surface area (Å²) in [7, 11) is 2.21. The molecule has 0 spiro atoms. The smallest absolute Gasteiger partial charge is 0.0702 e. The summed E-state index contributed by atoms with van der Waals surface area (Å²) in [6.07, 6.45) is 5.36. The molecule has 1 saturated heterocycles. The van der Waals surface area contributed by atoms with Crippen molar-refractivity contribution in [3.8, 4) is 0 Å². The number of rotatable bonds is 7. The normalized spacial score (nSPS) is 21.9. The van der Waals surface area contributed by atoms with Gasteiger partial charge in [-0.25, -0.2) is 0 Å². The fourth-order valence-corrected chi connectivity index (χ4v) is 3.07. The van der Waals surface area contributed by atoms with E-state index in [9.17, 15) is 0 Å². The summed E-state index contributed by atoms with van der Waals surface area (Å²) in [4.78, 5) is 2.43. The highest BCUT2D eigenvalue weighted by Gasteiger charge is 2.27. The maximum atomic E-state index is 5.68. The molecule has 1 rings (SSSR count). The van der Waals surface area contributed by atoms with Crippen LogP contribution in [-0.2, 0) is 4.74 Å². The Balaban J connectivity index is 2.38. The molecule has 2 nitrogen and oxygen atoms in total. The summed E-state index contributed by atoms with van der Waals surface area (Å²) in [5.74, 6) is 0.982. The van der Waals surface area contributed by atoms with Crippen LogP contribution in [0.2, 0.25) is 0 Å². The van der Waals surface area contributed by atoms with Crippen molar-refractivity contribution in [1.29, 1.82) is 0 Å². The predicted molar refractivity (Wildman–Crippen MR) is 73.3 cm³/mol. The first kappa shape index (κ1) is 14.3. The third-order valence-corrected chi connectivity index (χ3v) is 4.65. The van der Waals surface area contributed by atoms with E-state index < -0.39 is 0 Å². The Bertz CT molecular complexity index is 180. The van der Waals surface area contributed by atoms with Crippen molar-refractivity contribution in [3.63, 3.8) is 0 Å². The van der Waals surface area contributed by atoms with E-state index in [0.29, 0.717) is 11.5 Å². The van der Waals surface area contributed by atoms with Crippen molar-refractivity contribution in [2.75, 3.05) is 32.5 Å². The van der Waals surface area contributed by atoms with Crippen molar-refractivity contribution in [2.24, 2.45) is 5.41 Å². The molecule has 1 aliphatic heterocycles. The third-order valence-electron chi connectivity index (χ3n) is 3.98. The summed E-state index contributed by atoms with van der Waals surface area (Å²) >= 11 is 4.53. The molecule has 96 valence electrons. The van der Waals surface area contributed by atoms with E-state index in [0.717, 1.165) is 25.4 Å². The van der Waals surface area contributed by atoms with Crippen molar-refractivity contribution in [2.45, 2.75) is 45.6 Å². The molecule has 0 N–H and O–H groups in total. The van der Waals surface area contributed by atoms with E-state index >= 15 is 0 Å². The Morgan fingerprint density at radius 1 is 1.38 bits per heavy atom. The van der Waals surface area contributed by atoms with Gasteiger partial charge in [0.25, 0.3) is 0 Å². The predicted octanol–water partition coefficient (Wildman–Crippen LogP) is 2.83.